The predicted molar refractivity (Wildman–Crippen MR) is 117 cm³/mol. The highest BCUT2D eigenvalue weighted by atomic mass is 16.2. The molecule has 148 valence electrons. The van der Waals surface area contributed by atoms with E-state index in [0.29, 0.717) is 5.92 Å². The largest absolute Gasteiger partial charge is 0.374 e. The Hall–Kier alpha value is -2.55. The minimum absolute atomic E-state index is 0.0838. The van der Waals surface area contributed by atoms with Gasteiger partial charge in [-0.2, -0.15) is 0 Å². The summed E-state index contributed by atoms with van der Waals surface area (Å²) in [5.74, 6) is 0.806. The van der Waals surface area contributed by atoms with Crippen LogP contribution >= 0.6 is 0 Å². The SMILES string of the molecule is CC(C)Cc1ccc(C(C)C(=O)N2CCN(C=Cc3ccccc3)CC2)cc1. The van der Waals surface area contributed by atoms with Crippen LogP contribution in [0, 0.1) is 5.92 Å². The number of hydrogen-bond donors (Lipinski definition) is 0. The fourth-order valence-corrected chi connectivity index (χ4v) is 3.68. The van der Waals surface area contributed by atoms with Crippen LogP contribution < -0.4 is 0 Å². The number of carbonyl (C=O) groups is 1. The number of rotatable bonds is 6. The second-order valence-electron chi connectivity index (χ2n) is 8.15. The standard InChI is InChI=1S/C25H32N2O/c1-20(2)19-23-9-11-24(12-10-23)21(3)25(28)27-17-15-26(16-18-27)14-13-22-7-5-4-6-8-22/h4-14,20-21H,15-19H2,1-3H3. The number of amides is 1. The third-order valence-electron chi connectivity index (χ3n) is 5.40. The molecule has 3 nitrogen and oxygen atoms in total. The van der Waals surface area contributed by atoms with E-state index >= 15 is 0 Å². The summed E-state index contributed by atoms with van der Waals surface area (Å²) in [5, 5.41) is 0. The average Bonchev–Trinajstić information content (AvgIpc) is 2.72. The maximum Gasteiger partial charge on any atom is 0.229 e. The summed E-state index contributed by atoms with van der Waals surface area (Å²) < 4.78 is 0. The van der Waals surface area contributed by atoms with E-state index in [9.17, 15) is 4.79 Å². The van der Waals surface area contributed by atoms with Crippen LogP contribution in [0.1, 0.15) is 43.4 Å². The summed E-state index contributed by atoms with van der Waals surface area (Å²) in [6, 6.07) is 18.9. The van der Waals surface area contributed by atoms with Crippen molar-refractivity contribution >= 4 is 12.0 Å². The molecule has 1 atom stereocenters. The number of benzene rings is 2. The first-order valence-electron chi connectivity index (χ1n) is 10.4. The van der Waals surface area contributed by atoms with E-state index < -0.39 is 0 Å². The Morgan fingerprint density at radius 1 is 0.929 bits per heavy atom. The lowest BCUT2D eigenvalue weighted by atomic mass is 9.95. The summed E-state index contributed by atoms with van der Waals surface area (Å²) in [5.41, 5.74) is 3.66. The molecule has 1 saturated heterocycles. The molecule has 3 rings (SSSR count). The van der Waals surface area contributed by atoms with Crippen molar-refractivity contribution in [3.63, 3.8) is 0 Å². The molecule has 1 aliphatic heterocycles. The molecule has 0 N–H and O–H groups in total. The summed E-state index contributed by atoms with van der Waals surface area (Å²) in [6.45, 7) is 9.83. The lowest BCUT2D eigenvalue weighted by molar-refractivity contribution is -0.133. The van der Waals surface area contributed by atoms with Gasteiger partial charge in [-0.15, -0.1) is 0 Å². The molecule has 2 aromatic carbocycles. The van der Waals surface area contributed by atoms with Crippen molar-refractivity contribution in [1.29, 1.82) is 0 Å². The van der Waals surface area contributed by atoms with Crippen molar-refractivity contribution < 1.29 is 4.79 Å². The van der Waals surface area contributed by atoms with E-state index in [-0.39, 0.29) is 11.8 Å². The monoisotopic (exact) mass is 376 g/mol. The Labute approximate surface area is 169 Å². The lowest BCUT2D eigenvalue weighted by Gasteiger charge is -2.35. The summed E-state index contributed by atoms with van der Waals surface area (Å²) in [4.78, 5) is 17.2. The summed E-state index contributed by atoms with van der Waals surface area (Å²) in [7, 11) is 0. The maximum atomic E-state index is 12.9. The predicted octanol–water partition coefficient (Wildman–Crippen LogP) is 4.80. The molecule has 28 heavy (non-hydrogen) atoms. The van der Waals surface area contributed by atoms with Gasteiger partial charge in [-0.1, -0.05) is 68.4 Å². The van der Waals surface area contributed by atoms with Gasteiger partial charge in [-0.3, -0.25) is 4.79 Å². The Morgan fingerprint density at radius 3 is 2.18 bits per heavy atom. The Bertz CT molecular complexity index is 772. The molecule has 0 bridgehead atoms. The Balaban J connectivity index is 1.52. The van der Waals surface area contributed by atoms with Crippen molar-refractivity contribution in [2.24, 2.45) is 5.92 Å². The van der Waals surface area contributed by atoms with E-state index in [1.165, 1.54) is 11.1 Å². The second-order valence-corrected chi connectivity index (χ2v) is 8.15. The van der Waals surface area contributed by atoms with Gasteiger partial charge in [-0.25, -0.2) is 0 Å². The van der Waals surface area contributed by atoms with Crippen LogP contribution in [0.25, 0.3) is 6.08 Å². The lowest BCUT2D eigenvalue weighted by Crippen LogP contribution is -2.48. The van der Waals surface area contributed by atoms with Crippen molar-refractivity contribution in [2.75, 3.05) is 26.2 Å². The molecule has 1 aliphatic rings. The Kier molecular flexibility index (Phi) is 6.91. The highest BCUT2D eigenvalue weighted by molar-refractivity contribution is 5.83. The zero-order valence-electron chi connectivity index (χ0n) is 17.3. The van der Waals surface area contributed by atoms with Gasteiger partial charge in [0.15, 0.2) is 0 Å². The van der Waals surface area contributed by atoms with Crippen LogP contribution in [0.15, 0.2) is 60.8 Å². The van der Waals surface area contributed by atoms with Gasteiger partial charge >= 0.3 is 0 Å². The highest BCUT2D eigenvalue weighted by Gasteiger charge is 2.24. The van der Waals surface area contributed by atoms with Gasteiger partial charge < -0.3 is 9.80 Å². The quantitative estimate of drug-likeness (QED) is 0.723. The van der Waals surface area contributed by atoms with Crippen molar-refractivity contribution in [2.45, 2.75) is 33.1 Å². The van der Waals surface area contributed by atoms with Crippen LogP contribution in [-0.2, 0) is 11.2 Å². The number of hydrogen-bond acceptors (Lipinski definition) is 2. The van der Waals surface area contributed by atoms with E-state index in [2.05, 4.69) is 67.4 Å². The van der Waals surface area contributed by atoms with Crippen molar-refractivity contribution in [3.05, 3.63) is 77.5 Å². The van der Waals surface area contributed by atoms with Crippen molar-refractivity contribution in [1.82, 2.24) is 9.80 Å². The first-order chi connectivity index (χ1) is 13.5. The molecule has 0 aromatic heterocycles. The zero-order valence-corrected chi connectivity index (χ0v) is 17.3. The molecule has 0 spiro atoms. The molecule has 1 heterocycles. The van der Waals surface area contributed by atoms with E-state index in [1.54, 1.807) is 0 Å². The summed E-state index contributed by atoms with van der Waals surface area (Å²) >= 11 is 0. The van der Waals surface area contributed by atoms with Crippen molar-refractivity contribution in [3.8, 4) is 0 Å². The third-order valence-corrected chi connectivity index (χ3v) is 5.40. The maximum absolute atomic E-state index is 12.9. The fourth-order valence-electron chi connectivity index (χ4n) is 3.68. The molecule has 0 aliphatic carbocycles. The van der Waals surface area contributed by atoms with E-state index in [0.717, 1.165) is 38.2 Å². The molecule has 3 heteroatoms. The summed E-state index contributed by atoms with van der Waals surface area (Å²) in [6.07, 6.45) is 5.37. The van der Waals surface area contributed by atoms with Gasteiger partial charge in [0.2, 0.25) is 5.91 Å². The number of nitrogens with zero attached hydrogens (tertiary/aromatic N) is 2. The van der Waals surface area contributed by atoms with Gasteiger partial charge in [0.25, 0.3) is 0 Å². The Morgan fingerprint density at radius 2 is 1.57 bits per heavy atom. The van der Waals surface area contributed by atoms with Crippen LogP contribution in [-0.4, -0.2) is 41.9 Å². The van der Waals surface area contributed by atoms with Gasteiger partial charge in [0.1, 0.15) is 0 Å². The second kappa shape index (κ2) is 9.59. The van der Waals surface area contributed by atoms with Crippen LogP contribution in [0.4, 0.5) is 0 Å². The van der Waals surface area contributed by atoms with E-state index in [1.807, 2.05) is 30.0 Å². The normalized spacial score (nSPS) is 16.0. The smallest absolute Gasteiger partial charge is 0.229 e. The van der Waals surface area contributed by atoms with Crippen LogP contribution in [0.2, 0.25) is 0 Å². The molecule has 1 unspecified atom stereocenters. The molecule has 1 fully saturated rings. The number of piperazine rings is 1. The van der Waals surface area contributed by atoms with Gasteiger partial charge in [0, 0.05) is 26.2 Å². The van der Waals surface area contributed by atoms with Crippen LogP contribution in [0.3, 0.4) is 0 Å². The van der Waals surface area contributed by atoms with E-state index in [4.69, 9.17) is 0 Å². The average molecular weight is 377 g/mol. The van der Waals surface area contributed by atoms with Gasteiger partial charge in [-0.05, 0) is 48.2 Å². The molecule has 0 saturated carbocycles. The topological polar surface area (TPSA) is 23.6 Å². The molecule has 0 radical (unpaired) electrons. The minimum atomic E-state index is -0.0838. The first-order valence-corrected chi connectivity index (χ1v) is 10.4. The van der Waals surface area contributed by atoms with Gasteiger partial charge in [0.05, 0.1) is 5.92 Å². The van der Waals surface area contributed by atoms with Crippen LogP contribution in [0.5, 0.6) is 0 Å². The fraction of sp³-hybridized carbons (Fsp3) is 0.400. The third kappa shape index (κ3) is 5.48. The molecule has 2 aromatic rings. The molecular weight excluding hydrogens is 344 g/mol. The zero-order chi connectivity index (χ0) is 19.9. The first kappa shape index (κ1) is 20.2. The highest BCUT2D eigenvalue weighted by Crippen LogP contribution is 2.21. The minimum Gasteiger partial charge on any atom is -0.374 e. The molecular formula is C25H32N2O. The number of carbonyl (C=O) groups excluding carboxylic acids is 1. The molecule has 1 amide bonds.